The van der Waals surface area contributed by atoms with Gasteiger partial charge in [-0.05, 0) is 37.3 Å². The molecule has 0 saturated carbocycles. The van der Waals surface area contributed by atoms with Crippen molar-refractivity contribution in [1.29, 1.82) is 0 Å². The van der Waals surface area contributed by atoms with E-state index in [1.54, 1.807) is 0 Å². The molecular weight excluding hydrogens is 430 g/mol. The number of carbonyl (C=O) groups is 2. The van der Waals surface area contributed by atoms with Gasteiger partial charge in [0, 0.05) is 12.8 Å². The lowest BCUT2D eigenvalue weighted by Gasteiger charge is -2.21. The molecule has 0 aliphatic carbocycles. The monoisotopic (exact) mass is 459 g/mol. The summed E-state index contributed by atoms with van der Waals surface area (Å²) in [5.41, 5.74) is 5.86. The van der Waals surface area contributed by atoms with Gasteiger partial charge >= 0.3 is 0 Å². The third kappa shape index (κ3) is 5.87. The van der Waals surface area contributed by atoms with Crippen molar-refractivity contribution < 1.29 is 26.4 Å². The minimum Gasteiger partial charge on any atom is -0.345 e. The molecular formula is C19H29N3O6S2. The third-order valence-electron chi connectivity index (χ3n) is 4.87. The van der Waals surface area contributed by atoms with E-state index in [1.165, 1.54) is 24.3 Å². The van der Waals surface area contributed by atoms with Crippen LogP contribution in [0.1, 0.15) is 33.1 Å². The molecule has 0 aromatic heterocycles. The van der Waals surface area contributed by atoms with E-state index in [2.05, 4.69) is 5.32 Å². The fraction of sp³-hybridized carbons (Fsp3) is 0.579. The van der Waals surface area contributed by atoms with Crippen molar-refractivity contribution in [2.45, 2.75) is 55.0 Å². The van der Waals surface area contributed by atoms with Gasteiger partial charge < -0.3 is 11.1 Å². The first-order valence-corrected chi connectivity index (χ1v) is 13.0. The molecule has 1 aliphatic heterocycles. The lowest BCUT2D eigenvalue weighted by atomic mass is 10.0. The second kappa shape index (κ2) is 9.54. The van der Waals surface area contributed by atoms with Crippen LogP contribution in [0, 0.1) is 5.92 Å². The second-order valence-electron chi connectivity index (χ2n) is 7.96. The van der Waals surface area contributed by atoms with Crippen LogP contribution >= 0.6 is 0 Å². The van der Waals surface area contributed by atoms with Gasteiger partial charge in [0.05, 0.1) is 23.5 Å². The van der Waals surface area contributed by atoms with Gasteiger partial charge in [-0.3, -0.25) is 9.59 Å². The molecule has 1 aliphatic rings. The van der Waals surface area contributed by atoms with Gasteiger partial charge in [-0.25, -0.2) is 16.8 Å². The number of sulfone groups is 1. The molecule has 1 unspecified atom stereocenters. The Morgan fingerprint density at radius 2 is 1.80 bits per heavy atom. The second-order valence-corrected chi connectivity index (χ2v) is 11.9. The van der Waals surface area contributed by atoms with Gasteiger partial charge in [0.1, 0.15) is 4.90 Å². The lowest BCUT2D eigenvalue weighted by Crippen LogP contribution is -2.50. The summed E-state index contributed by atoms with van der Waals surface area (Å²) in [6, 6.07) is 3.73. The van der Waals surface area contributed by atoms with Crippen molar-refractivity contribution in [2.75, 3.05) is 19.3 Å². The molecule has 1 aromatic carbocycles. The standard InChI is InChI=1S/C19H29N3O6S2/c1-13(2)11-14(20)19(24)21-15-7-6-10-22(12-16(15)23)30(27,28)18-9-5-4-8-17(18)29(3,25)26/h4-5,8-9,13-15H,6-7,10-12,20H2,1-3H3,(H,21,24)/t14-,15?/m0/s1. The number of hydrogen-bond donors (Lipinski definition) is 2. The highest BCUT2D eigenvalue weighted by atomic mass is 32.2. The molecule has 0 spiro atoms. The Morgan fingerprint density at radius 1 is 1.20 bits per heavy atom. The van der Waals surface area contributed by atoms with E-state index < -0.39 is 50.2 Å². The van der Waals surface area contributed by atoms with Crippen molar-refractivity contribution in [2.24, 2.45) is 11.7 Å². The summed E-state index contributed by atoms with van der Waals surface area (Å²) in [7, 11) is -8.01. The number of nitrogens with two attached hydrogens (primary N) is 1. The van der Waals surface area contributed by atoms with Gasteiger partial charge in [-0.15, -0.1) is 0 Å². The van der Waals surface area contributed by atoms with Crippen molar-refractivity contribution in [3.05, 3.63) is 24.3 Å². The number of hydrogen-bond acceptors (Lipinski definition) is 7. The number of ketones is 1. The number of sulfonamides is 1. The van der Waals surface area contributed by atoms with Crippen LogP contribution in [0.3, 0.4) is 0 Å². The number of carbonyl (C=O) groups excluding carboxylic acids is 2. The summed E-state index contributed by atoms with van der Waals surface area (Å²) in [5.74, 6) is -0.690. The first-order valence-electron chi connectivity index (χ1n) is 9.72. The van der Waals surface area contributed by atoms with Crippen molar-refractivity contribution >= 4 is 31.6 Å². The molecule has 168 valence electrons. The summed E-state index contributed by atoms with van der Waals surface area (Å²) in [6.45, 7) is 3.45. The number of rotatable bonds is 7. The molecule has 0 radical (unpaired) electrons. The normalized spacial score (nSPS) is 20.0. The number of amides is 1. The average molecular weight is 460 g/mol. The first-order chi connectivity index (χ1) is 13.8. The van der Waals surface area contributed by atoms with Crippen molar-refractivity contribution in [3.8, 4) is 0 Å². The van der Waals surface area contributed by atoms with E-state index in [-0.39, 0.29) is 28.7 Å². The van der Waals surface area contributed by atoms with E-state index in [0.29, 0.717) is 12.8 Å². The molecule has 1 aromatic rings. The van der Waals surface area contributed by atoms with Crippen LogP contribution in [-0.2, 0) is 29.4 Å². The van der Waals surface area contributed by atoms with Crippen LogP contribution < -0.4 is 11.1 Å². The maximum Gasteiger partial charge on any atom is 0.244 e. The molecule has 30 heavy (non-hydrogen) atoms. The summed E-state index contributed by atoms with van der Waals surface area (Å²) in [5, 5.41) is 2.63. The predicted molar refractivity (Wildman–Crippen MR) is 112 cm³/mol. The molecule has 3 N–H and O–H groups in total. The van der Waals surface area contributed by atoms with Crippen LogP contribution in [0.5, 0.6) is 0 Å². The van der Waals surface area contributed by atoms with Gasteiger partial charge in [0.15, 0.2) is 15.6 Å². The molecule has 1 fully saturated rings. The van der Waals surface area contributed by atoms with E-state index in [0.717, 1.165) is 10.6 Å². The van der Waals surface area contributed by atoms with Crippen molar-refractivity contribution in [1.82, 2.24) is 9.62 Å². The van der Waals surface area contributed by atoms with Crippen molar-refractivity contribution in [3.63, 3.8) is 0 Å². The Morgan fingerprint density at radius 3 is 2.37 bits per heavy atom. The quantitative estimate of drug-likeness (QED) is 0.597. The Hall–Kier alpha value is -1.82. The van der Waals surface area contributed by atoms with Gasteiger partial charge in [0.2, 0.25) is 15.9 Å². The zero-order valence-corrected chi connectivity index (χ0v) is 19.0. The number of benzene rings is 1. The minimum atomic E-state index is -4.22. The van der Waals surface area contributed by atoms with Crippen LogP contribution in [-0.4, -0.2) is 64.3 Å². The Bertz CT molecular complexity index is 1000. The first kappa shape index (κ1) is 24.4. The highest BCUT2D eigenvalue weighted by molar-refractivity contribution is 7.93. The Balaban J connectivity index is 2.22. The topological polar surface area (TPSA) is 144 Å². The fourth-order valence-corrected chi connectivity index (χ4v) is 6.40. The van der Waals surface area contributed by atoms with E-state index >= 15 is 0 Å². The lowest BCUT2D eigenvalue weighted by molar-refractivity contribution is -0.128. The van der Waals surface area contributed by atoms with E-state index in [9.17, 15) is 26.4 Å². The number of nitrogens with zero attached hydrogens (tertiary/aromatic N) is 1. The predicted octanol–water partition coefficient (Wildman–Crippen LogP) is 0.302. The highest BCUT2D eigenvalue weighted by Gasteiger charge is 2.35. The molecule has 1 saturated heterocycles. The minimum absolute atomic E-state index is 0.0383. The Kier molecular flexibility index (Phi) is 7.78. The van der Waals surface area contributed by atoms with Gasteiger partial charge in [0.25, 0.3) is 0 Å². The molecule has 11 heteroatoms. The molecule has 2 atom stereocenters. The summed E-state index contributed by atoms with van der Waals surface area (Å²) in [6.07, 6.45) is 2.01. The fourth-order valence-electron chi connectivity index (χ4n) is 3.36. The van der Waals surface area contributed by atoms with E-state index in [1.807, 2.05) is 13.8 Å². The Labute approximate surface area is 178 Å². The molecule has 9 nitrogen and oxygen atoms in total. The average Bonchev–Trinajstić information content (AvgIpc) is 2.82. The summed E-state index contributed by atoms with van der Waals surface area (Å²) in [4.78, 5) is 24.3. The number of Topliss-reactive ketones (excluding diaryl/α,β-unsaturated/α-hetero) is 1. The van der Waals surface area contributed by atoms with Crippen LogP contribution in [0.15, 0.2) is 34.1 Å². The molecule has 1 amide bonds. The van der Waals surface area contributed by atoms with Crippen LogP contribution in [0.4, 0.5) is 0 Å². The van der Waals surface area contributed by atoms with Gasteiger partial charge in [-0.2, -0.15) is 4.31 Å². The molecule has 0 bridgehead atoms. The van der Waals surface area contributed by atoms with Crippen LogP contribution in [0.2, 0.25) is 0 Å². The zero-order chi connectivity index (χ0) is 22.7. The summed E-state index contributed by atoms with van der Waals surface area (Å²) < 4.78 is 51.2. The summed E-state index contributed by atoms with van der Waals surface area (Å²) >= 11 is 0. The van der Waals surface area contributed by atoms with E-state index in [4.69, 9.17) is 5.73 Å². The third-order valence-corrected chi connectivity index (χ3v) is 8.05. The maximum atomic E-state index is 13.1. The SMILES string of the molecule is CC(C)C[C@H](N)C(=O)NC1CCCN(S(=O)(=O)c2ccccc2S(C)(=O)=O)CC1=O. The van der Waals surface area contributed by atoms with Gasteiger partial charge in [-0.1, -0.05) is 26.0 Å². The highest BCUT2D eigenvalue weighted by Crippen LogP contribution is 2.25. The molecule has 2 rings (SSSR count). The van der Waals surface area contributed by atoms with Crippen LogP contribution in [0.25, 0.3) is 0 Å². The zero-order valence-electron chi connectivity index (χ0n) is 17.4. The number of nitrogens with one attached hydrogen (secondary N) is 1. The molecule has 1 heterocycles. The maximum absolute atomic E-state index is 13.1. The smallest absolute Gasteiger partial charge is 0.244 e. The largest absolute Gasteiger partial charge is 0.345 e.